The number of hydrogen-bond donors (Lipinski definition) is 3. The van der Waals surface area contributed by atoms with E-state index >= 15 is 0 Å². The molecule has 13 heteroatoms. The summed E-state index contributed by atoms with van der Waals surface area (Å²) in [6.07, 6.45) is 4.01. The van der Waals surface area contributed by atoms with E-state index in [1.807, 2.05) is 65.8 Å². The molecule has 1 aliphatic heterocycles. The number of hydroxylamine groups is 2. The molecular formula is C29H47N6O6S+. The van der Waals surface area contributed by atoms with Gasteiger partial charge in [-0.3, -0.25) is 0 Å². The molecule has 1 atom stereocenters. The number of carbonyl (C=O) groups excluding carboxylic acids is 1. The van der Waals surface area contributed by atoms with E-state index in [1.54, 1.807) is 0 Å². The number of aliphatic imine (C=N–C) groups is 1. The molecule has 1 aliphatic rings. The molecule has 0 saturated heterocycles. The molecule has 0 spiro atoms. The number of alkyl carbamates (subject to hydrolysis) is 1. The van der Waals surface area contributed by atoms with Crippen LogP contribution in [-0.4, -0.2) is 75.6 Å². The van der Waals surface area contributed by atoms with Crippen molar-refractivity contribution in [2.45, 2.75) is 78.4 Å². The molecule has 42 heavy (non-hydrogen) atoms. The Kier molecular flexibility index (Phi) is 10.9. The van der Waals surface area contributed by atoms with Gasteiger partial charge in [-0.1, -0.05) is 29.6 Å². The highest BCUT2D eigenvalue weighted by atomic mass is 32.2. The van der Waals surface area contributed by atoms with Gasteiger partial charge >= 0.3 is 6.09 Å². The number of nitrogens with two attached hydrogens (primary N) is 1. The number of para-hydroxylation sites is 1. The Morgan fingerprint density at radius 2 is 1.76 bits per heavy atom. The molecule has 12 nitrogen and oxygen atoms in total. The number of nitrogens with one attached hydrogen (secondary N) is 2. The van der Waals surface area contributed by atoms with Gasteiger partial charge in [-0.15, -0.1) is 0 Å². The summed E-state index contributed by atoms with van der Waals surface area (Å²) in [5, 5.41) is 3.60. The van der Waals surface area contributed by atoms with Crippen LogP contribution in [0, 0.1) is 0 Å². The highest BCUT2D eigenvalue weighted by Gasteiger charge is 2.52. The van der Waals surface area contributed by atoms with Crippen LogP contribution in [0.2, 0.25) is 0 Å². The number of fused-ring (bicyclic) bond motifs is 3. The van der Waals surface area contributed by atoms with Gasteiger partial charge in [-0.25, -0.2) is 22.9 Å². The van der Waals surface area contributed by atoms with Gasteiger partial charge in [0.25, 0.3) is 5.84 Å². The summed E-state index contributed by atoms with van der Waals surface area (Å²) in [4.78, 5) is 28.1. The number of anilines is 1. The number of rotatable bonds is 15. The molecule has 2 aromatic rings. The number of sulfonamides is 1. The van der Waals surface area contributed by atoms with Gasteiger partial charge in [0.15, 0.2) is 11.5 Å². The first-order valence-corrected chi connectivity index (χ1v) is 16.3. The van der Waals surface area contributed by atoms with Crippen LogP contribution in [0.5, 0.6) is 0 Å². The maximum Gasteiger partial charge on any atom is 0.407 e. The minimum absolute atomic E-state index is 0.168. The third-order valence-electron chi connectivity index (χ3n) is 6.45. The first-order chi connectivity index (χ1) is 19.6. The molecule has 0 radical (unpaired) electrons. The van der Waals surface area contributed by atoms with E-state index in [0.29, 0.717) is 36.8 Å². The Labute approximate surface area is 249 Å². The second kappa shape index (κ2) is 13.6. The van der Waals surface area contributed by atoms with Gasteiger partial charge in [-0.2, -0.15) is 9.83 Å². The lowest BCUT2D eigenvalue weighted by atomic mass is 10.0. The number of ether oxygens (including phenoxy) is 2. The van der Waals surface area contributed by atoms with E-state index in [2.05, 4.69) is 15.0 Å². The SMILES string of the molecule is CCOCC1=Nc2c(N)nc3ccccc3c2[N+]1(CC(C)(C)NS(C)(=O)=O)OCCCCCCNC(=O)OC(C)(C)C. The Hall–Kier alpha value is -2.84. The van der Waals surface area contributed by atoms with E-state index in [4.69, 9.17) is 25.0 Å². The summed E-state index contributed by atoms with van der Waals surface area (Å²) in [7, 11) is -3.53. The zero-order valence-electron chi connectivity index (χ0n) is 26.0. The highest BCUT2D eigenvalue weighted by molar-refractivity contribution is 7.88. The zero-order valence-corrected chi connectivity index (χ0v) is 26.8. The van der Waals surface area contributed by atoms with E-state index < -0.39 is 27.3 Å². The van der Waals surface area contributed by atoms with Gasteiger partial charge in [0, 0.05) is 13.2 Å². The molecule has 0 saturated carbocycles. The molecule has 3 rings (SSSR count). The molecule has 4 N–H and O–H groups in total. The molecule has 1 aromatic heterocycles. The summed E-state index contributed by atoms with van der Waals surface area (Å²) in [6, 6.07) is 7.64. The number of benzene rings is 1. The summed E-state index contributed by atoms with van der Waals surface area (Å²) >= 11 is 0. The maximum atomic E-state index is 12.3. The fourth-order valence-electron chi connectivity index (χ4n) is 5.10. The number of nitrogen functional groups attached to an aromatic ring is 1. The van der Waals surface area contributed by atoms with Gasteiger partial charge in [0.1, 0.15) is 25.4 Å². The highest BCUT2D eigenvalue weighted by Crippen LogP contribution is 2.49. The lowest BCUT2D eigenvalue weighted by Gasteiger charge is -2.38. The number of aromatic nitrogens is 1. The van der Waals surface area contributed by atoms with Crippen molar-refractivity contribution >= 4 is 50.0 Å². The number of unbranched alkanes of at least 4 members (excludes halogenated alkanes) is 3. The fourth-order valence-corrected chi connectivity index (χ4v) is 6.17. The van der Waals surface area contributed by atoms with Gasteiger partial charge in [0.2, 0.25) is 15.7 Å². The van der Waals surface area contributed by atoms with Crippen molar-refractivity contribution in [2.24, 2.45) is 4.99 Å². The number of pyridine rings is 1. The zero-order chi connectivity index (χ0) is 31.2. The number of nitrogens with zero attached hydrogens (tertiary/aromatic N) is 3. The Morgan fingerprint density at radius 3 is 2.43 bits per heavy atom. The summed E-state index contributed by atoms with van der Waals surface area (Å²) in [6.45, 7) is 12.8. The van der Waals surface area contributed by atoms with Crippen molar-refractivity contribution in [3.8, 4) is 0 Å². The van der Waals surface area contributed by atoms with E-state index in [0.717, 1.165) is 43.0 Å². The third-order valence-corrected chi connectivity index (χ3v) is 7.38. The second-order valence-electron chi connectivity index (χ2n) is 12.2. The molecular weight excluding hydrogens is 560 g/mol. The number of carbonyl (C=O) groups is 1. The smallest absolute Gasteiger partial charge is 0.407 e. The molecule has 1 aromatic carbocycles. The minimum atomic E-state index is -3.53. The summed E-state index contributed by atoms with van der Waals surface area (Å²) < 4.78 is 38.3. The number of amidine groups is 1. The number of hydrogen-bond acceptors (Lipinski definition) is 9. The molecule has 1 unspecified atom stereocenters. The topological polar surface area (TPSA) is 154 Å². The van der Waals surface area contributed by atoms with Crippen molar-refractivity contribution in [3.63, 3.8) is 0 Å². The van der Waals surface area contributed by atoms with Crippen molar-refractivity contribution in [1.82, 2.24) is 19.7 Å². The Morgan fingerprint density at radius 1 is 1.07 bits per heavy atom. The van der Waals surface area contributed by atoms with Crippen LogP contribution in [0.4, 0.5) is 22.0 Å². The van der Waals surface area contributed by atoms with Gasteiger partial charge in [0.05, 0.1) is 22.7 Å². The van der Waals surface area contributed by atoms with Crippen molar-refractivity contribution in [1.29, 1.82) is 0 Å². The van der Waals surface area contributed by atoms with Crippen LogP contribution in [-0.2, 0) is 24.3 Å². The largest absolute Gasteiger partial charge is 0.444 e. The number of amides is 1. The predicted octanol–water partition coefficient (Wildman–Crippen LogP) is 4.55. The monoisotopic (exact) mass is 607 g/mol. The Balaban J connectivity index is 1.84. The second-order valence-corrected chi connectivity index (χ2v) is 14.0. The molecule has 0 aliphatic carbocycles. The quantitative estimate of drug-likeness (QED) is 0.197. The predicted molar refractivity (Wildman–Crippen MR) is 167 cm³/mol. The molecule has 234 valence electrons. The molecule has 1 amide bonds. The summed E-state index contributed by atoms with van der Waals surface area (Å²) in [5.41, 5.74) is 6.89. The van der Waals surface area contributed by atoms with Crippen LogP contribution in [0.1, 0.15) is 67.2 Å². The normalized spacial score (nSPS) is 17.3. The lowest BCUT2D eigenvalue weighted by molar-refractivity contribution is -0.102. The van der Waals surface area contributed by atoms with E-state index in [-0.39, 0.29) is 23.6 Å². The Bertz CT molecular complexity index is 1390. The molecule has 0 fully saturated rings. The van der Waals surface area contributed by atoms with E-state index in [9.17, 15) is 13.2 Å². The van der Waals surface area contributed by atoms with Crippen LogP contribution >= 0.6 is 0 Å². The minimum Gasteiger partial charge on any atom is -0.444 e. The average Bonchev–Trinajstić information content (AvgIpc) is 3.15. The first-order valence-electron chi connectivity index (χ1n) is 14.4. The van der Waals surface area contributed by atoms with E-state index in [1.165, 1.54) is 0 Å². The summed E-state index contributed by atoms with van der Waals surface area (Å²) in [5.74, 6) is 0.842. The lowest BCUT2D eigenvalue weighted by Crippen LogP contribution is -2.63. The average molecular weight is 608 g/mol. The first kappa shape index (κ1) is 33.7. The third kappa shape index (κ3) is 9.08. The van der Waals surface area contributed by atoms with Crippen LogP contribution in [0.25, 0.3) is 10.9 Å². The fraction of sp³-hybridized carbons (Fsp3) is 0.621. The van der Waals surface area contributed by atoms with Crippen LogP contribution in [0.3, 0.4) is 0 Å². The van der Waals surface area contributed by atoms with Gasteiger partial charge in [-0.05, 0) is 66.5 Å². The number of quaternary nitrogens is 1. The maximum absolute atomic E-state index is 12.3. The van der Waals surface area contributed by atoms with Crippen LogP contribution in [0.15, 0.2) is 29.3 Å². The van der Waals surface area contributed by atoms with Crippen molar-refractivity contribution < 1.29 is 27.5 Å². The molecule has 0 bridgehead atoms. The molecule has 2 heterocycles. The van der Waals surface area contributed by atoms with Crippen molar-refractivity contribution in [3.05, 3.63) is 24.3 Å². The standard InChI is InChI=1S/C29H46N6O6S/c1-8-39-19-23-33-24-25(21-15-11-12-16-22(21)32-26(24)30)35(23,20-29(5,6)34-42(7,37)38)40-18-14-10-9-13-17-31-27(36)41-28(2,3)4/h11-12,15-16,34H,8-10,13-14,17-20H2,1-7H3,(H2-,30,31,32,36)/p+1. The van der Waals surface area contributed by atoms with Crippen LogP contribution < -0.4 is 20.4 Å². The van der Waals surface area contributed by atoms with Crippen molar-refractivity contribution in [2.75, 3.05) is 44.9 Å². The van der Waals surface area contributed by atoms with Gasteiger partial charge < -0.3 is 20.5 Å².